The molecule has 1 amide bonds. The molecule has 1 heterocycles. The summed E-state index contributed by atoms with van der Waals surface area (Å²) in [6, 6.07) is 3.12. The Kier molecular flexibility index (Phi) is 4.11. The van der Waals surface area contributed by atoms with Crippen molar-refractivity contribution in [2.24, 2.45) is 5.92 Å². The molecule has 1 aromatic rings. The maximum Gasteiger partial charge on any atom is 0.416 e. The summed E-state index contributed by atoms with van der Waals surface area (Å²) in [7, 11) is 0. The number of hydrogen-bond acceptors (Lipinski definition) is 2. The van der Waals surface area contributed by atoms with Gasteiger partial charge in [0.15, 0.2) is 0 Å². The molecule has 3 nitrogen and oxygen atoms in total. The number of halogens is 4. The first-order chi connectivity index (χ1) is 9.20. The third-order valence-corrected chi connectivity index (χ3v) is 4.30. The molecule has 2 rings (SSSR count). The smallest absolute Gasteiger partial charge is 0.416 e. The number of carbonyl (C=O) groups is 1. The predicted octanol–water partition coefficient (Wildman–Crippen LogP) is 3.94. The van der Waals surface area contributed by atoms with Gasteiger partial charge in [0.05, 0.1) is 5.56 Å². The van der Waals surface area contributed by atoms with Gasteiger partial charge in [0.1, 0.15) is 0 Å². The molecule has 1 aliphatic heterocycles. The number of amides is 1. The molecule has 1 N–H and O–H groups in total. The van der Waals surface area contributed by atoms with Crippen LogP contribution in [0.1, 0.15) is 16.4 Å². The lowest BCUT2D eigenvalue weighted by atomic mass is 9.91. The molecule has 1 fully saturated rings. The highest BCUT2D eigenvalue weighted by Gasteiger charge is 2.37. The zero-order valence-electron chi connectivity index (χ0n) is 10.1. The van der Waals surface area contributed by atoms with E-state index in [1.54, 1.807) is 0 Å². The van der Waals surface area contributed by atoms with Crippen LogP contribution in [0.4, 0.5) is 18.0 Å². The van der Waals surface area contributed by atoms with Crippen LogP contribution < -0.4 is 0 Å². The number of benzene rings is 1. The molecule has 0 bridgehead atoms. The van der Waals surface area contributed by atoms with Gasteiger partial charge in [-0.15, -0.1) is 0 Å². The van der Waals surface area contributed by atoms with Crippen LogP contribution >= 0.6 is 24.2 Å². The van der Waals surface area contributed by atoms with Crippen molar-refractivity contribution >= 4 is 30.3 Å². The lowest BCUT2D eigenvalue weighted by Crippen LogP contribution is -2.50. The molecule has 0 saturated carbocycles. The molecule has 0 spiro atoms. The fourth-order valence-electron chi connectivity index (χ4n) is 2.07. The summed E-state index contributed by atoms with van der Waals surface area (Å²) in [6.45, 7) is 0.613. The largest absolute Gasteiger partial charge is 0.465 e. The van der Waals surface area contributed by atoms with E-state index in [2.05, 4.69) is 12.6 Å². The molecule has 8 heteroatoms. The number of nitrogens with zero attached hydrogens (tertiary/aromatic N) is 1. The Morgan fingerprint density at radius 1 is 1.45 bits per heavy atom. The molecule has 1 saturated heterocycles. The van der Waals surface area contributed by atoms with Crippen molar-refractivity contribution in [2.45, 2.75) is 11.4 Å². The van der Waals surface area contributed by atoms with E-state index in [-0.39, 0.29) is 16.2 Å². The van der Waals surface area contributed by atoms with E-state index in [9.17, 15) is 18.0 Å². The first kappa shape index (κ1) is 15.3. The van der Waals surface area contributed by atoms with Gasteiger partial charge in [-0.25, -0.2) is 4.79 Å². The minimum absolute atomic E-state index is 0.00593. The molecular weight excluding hydrogens is 315 g/mol. The Morgan fingerprint density at radius 2 is 2.05 bits per heavy atom. The molecular formula is C12H11ClF3NO2S. The van der Waals surface area contributed by atoms with Crippen molar-refractivity contribution in [3.05, 3.63) is 34.3 Å². The molecule has 0 radical (unpaired) electrons. The number of likely N-dealkylation sites (tertiary alicyclic amines) is 1. The molecule has 1 aliphatic rings. The minimum atomic E-state index is -4.44. The Hall–Kier alpha value is -1.08. The van der Waals surface area contributed by atoms with Crippen LogP contribution in [-0.2, 0) is 6.18 Å². The number of thiol groups is 1. The second-order valence-electron chi connectivity index (χ2n) is 4.63. The van der Waals surface area contributed by atoms with Gasteiger partial charge in [0, 0.05) is 29.3 Å². The summed E-state index contributed by atoms with van der Waals surface area (Å²) in [5, 5.41) is 8.34. The predicted molar refractivity (Wildman–Crippen MR) is 71.3 cm³/mol. The van der Waals surface area contributed by atoms with Crippen molar-refractivity contribution in [3.8, 4) is 0 Å². The summed E-state index contributed by atoms with van der Waals surface area (Å²) in [6.07, 6.45) is -5.45. The monoisotopic (exact) mass is 325 g/mol. The number of hydrogen-bond donors (Lipinski definition) is 2. The fraction of sp³-hybridized carbons (Fsp3) is 0.417. The Morgan fingerprint density at radius 3 is 2.50 bits per heavy atom. The summed E-state index contributed by atoms with van der Waals surface area (Å²) in [5.41, 5.74) is -0.328. The van der Waals surface area contributed by atoms with Crippen LogP contribution in [0.15, 0.2) is 18.2 Å². The van der Waals surface area contributed by atoms with Gasteiger partial charge in [0.2, 0.25) is 0 Å². The highest BCUT2D eigenvalue weighted by molar-refractivity contribution is 7.80. The SMILES string of the molecule is O=C(O)N1CC(C(S)c2ccc(C(F)(F)F)cc2Cl)C1. The molecule has 1 aromatic carbocycles. The van der Waals surface area contributed by atoms with Crippen molar-refractivity contribution in [1.82, 2.24) is 4.90 Å². The molecule has 1 atom stereocenters. The average Bonchev–Trinajstić information content (AvgIpc) is 2.24. The fourth-order valence-corrected chi connectivity index (χ4v) is 2.85. The van der Waals surface area contributed by atoms with Crippen molar-refractivity contribution in [2.75, 3.05) is 13.1 Å². The van der Waals surface area contributed by atoms with E-state index in [1.165, 1.54) is 11.0 Å². The average molecular weight is 326 g/mol. The normalized spacial score (nSPS) is 17.8. The van der Waals surface area contributed by atoms with E-state index in [0.717, 1.165) is 12.1 Å². The lowest BCUT2D eigenvalue weighted by molar-refractivity contribution is -0.137. The third kappa shape index (κ3) is 2.98. The maximum absolute atomic E-state index is 12.5. The van der Waals surface area contributed by atoms with Crippen LogP contribution in [0.5, 0.6) is 0 Å². The molecule has 0 aromatic heterocycles. The quantitative estimate of drug-likeness (QED) is 0.809. The van der Waals surface area contributed by atoms with Crippen LogP contribution in [0, 0.1) is 5.92 Å². The summed E-state index contributed by atoms with van der Waals surface area (Å²) >= 11 is 10.2. The minimum Gasteiger partial charge on any atom is -0.465 e. The highest BCUT2D eigenvalue weighted by Crippen LogP contribution is 2.40. The van der Waals surface area contributed by atoms with Crippen molar-refractivity contribution in [3.63, 3.8) is 0 Å². The van der Waals surface area contributed by atoms with E-state index >= 15 is 0 Å². The number of rotatable bonds is 2. The summed E-state index contributed by atoms with van der Waals surface area (Å²) in [5.74, 6) is -0.0522. The first-order valence-electron chi connectivity index (χ1n) is 5.72. The topological polar surface area (TPSA) is 40.5 Å². The maximum atomic E-state index is 12.5. The summed E-state index contributed by atoms with van der Waals surface area (Å²) < 4.78 is 37.6. The highest BCUT2D eigenvalue weighted by atomic mass is 35.5. The standard InChI is InChI=1S/C12H11ClF3NO2S/c13-9-3-7(12(14,15)16)1-2-8(9)10(20)6-4-17(5-6)11(18)19/h1-3,6,10,20H,4-5H2,(H,18,19). The number of alkyl halides is 3. The van der Waals surface area contributed by atoms with Gasteiger partial charge >= 0.3 is 12.3 Å². The lowest BCUT2D eigenvalue weighted by Gasteiger charge is -2.40. The zero-order chi connectivity index (χ0) is 15.1. The van der Waals surface area contributed by atoms with Crippen molar-refractivity contribution < 1.29 is 23.1 Å². The number of carboxylic acid groups (broad SMARTS) is 1. The van der Waals surface area contributed by atoms with Gasteiger partial charge in [-0.2, -0.15) is 25.8 Å². The van der Waals surface area contributed by atoms with Crippen LogP contribution in [0.25, 0.3) is 0 Å². The van der Waals surface area contributed by atoms with E-state index in [4.69, 9.17) is 16.7 Å². The molecule has 0 aliphatic carbocycles. The zero-order valence-corrected chi connectivity index (χ0v) is 11.7. The van der Waals surface area contributed by atoms with Crippen LogP contribution in [0.2, 0.25) is 5.02 Å². The van der Waals surface area contributed by atoms with Gasteiger partial charge < -0.3 is 10.0 Å². The Bertz CT molecular complexity index is 532. The van der Waals surface area contributed by atoms with Gasteiger partial charge in [-0.05, 0) is 17.7 Å². The van der Waals surface area contributed by atoms with Crippen LogP contribution in [-0.4, -0.2) is 29.2 Å². The third-order valence-electron chi connectivity index (χ3n) is 3.27. The van der Waals surface area contributed by atoms with Gasteiger partial charge in [-0.3, -0.25) is 0 Å². The van der Waals surface area contributed by atoms with E-state index < -0.39 is 17.8 Å². The van der Waals surface area contributed by atoms with Gasteiger partial charge in [0.25, 0.3) is 0 Å². The molecule has 110 valence electrons. The van der Waals surface area contributed by atoms with Crippen molar-refractivity contribution in [1.29, 1.82) is 0 Å². The van der Waals surface area contributed by atoms with E-state index in [1.807, 2.05) is 0 Å². The second kappa shape index (κ2) is 5.37. The Balaban J connectivity index is 2.12. The van der Waals surface area contributed by atoms with Crippen LogP contribution in [0.3, 0.4) is 0 Å². The molecule has 1 unspecified atom stereocenters. The second-order valence-corrected chi connectivity index (χ2v) is 5.59. The van der Waals surface area contributed by atoms with E-state index in [0.29, 0.717) is 18.7 Å². The summed E-state index contributed by atoms with van der Waals surface area (Å²) in [4.78, 5) is 11.9. The molecule has 20 heavy (non-hydrogen) atoms. The Labute approximate surface area is 123 Å². The first-order valence-corrected chi connectivity index (χ1v) is 6.62. The van der Waals surface area contributed by atoms with Gasteiger partial charge in [-0.1, -0.05) is 17.7 Å².